The molecule has 2 fully saturated rings. The SMILES string of the molecule is CC1CCC(C)C(NCC2CCN(C)CC2)C1. The molecule has 1 saturated heterocycles. The Morgan fingerprint density at radius 1 is 1.06 bits per heavy atom. The average Bonchev–Trinajstić information content (AvgIpc) is 2.32. The van der Waals surface area contributed by atoms with Crippen LogP contribution in [0, 0.1) is 17.8 Å². The summed E-state index contributed by atoms with van der Waals surface area (Å²) in [6, 6.07) is 0.790. The van der Waals surface area contributed by atoms with Crippen LogP contribution < -0.4 is 5.32 Å². The van der Waals surface area contributed by atoms with Crippen molar-refractivity contribution in [3.05, 3.63) is 0 Å². The topological polar surface area (TPSA) is 15.3 Å². The number of nitrogens with one attached hydrogen (secondary N) is 1. The van der Waals surface area contributed by atoms with Gasteiger partial charge in [-0.25, -0.2) is 0 Å². The van der Waals surface area contributed by atoms with Crippen molar-refractivity contribution in [3.8, 4) is 0 Å². The summed E-state index contributed by atoms with van der Waals surface area (Å²) in [5, 5.41) is 3.87. The highest BCUT2D eigenvalue weighted by atomic mass is 15.1. The summed E-state index contributed by atoms with van der Waals surface area (Å²) < 4.78 is 0. The lowest BCUT2D eigenvalue weighted by atomic mass is 9.80. The zero-order chi connectivity index (χ0) is 12.3. The van der Waals surface area contributed by atoms with Gasteiger partial charge in [0.1, 0.15) is 0 Å². The minimum absolute atomic E-state index is 0.790. The van der Waals surface area contributed by atoms with Crippen LogP contribution in [-0.4, -0.2) is 37.6 Å². The third kappa shape index (κ3) is 3.96. The Balaban J connectivity index is 1.70. The second kappa shape index (κ2) is 6.19. The number of piperidine rings is 1. The summed E-state index contributed by atoms with van der Waals surface area (Å²) >= 11 is 0. The van der Waals surface area contributed by atoms with E-state index in [-0.39, 0.29) is 0 Å². The number of hydrogen-bond donors (Lipinski definition) is 1. The molecule has 2 heteroatoms. The summed E-state index contributed by atoms with van der Waals surface area (Å²) in [5.41, 5.74) is 0. The van der Waals surface area contributed by atoms with Gasteiger partial charge in [0, 0.05) is 6.04 Å². The Bertz CT molecular complexity index is 221. The molecule has 2 nitrogen and oxygen atoms in total. The van der Waals surface area contributed by atoms with E-state index in [1.165, 1.54) is 51.7 Å². The van der Waals surface area contributed by atoms with Crippen LogP contribution in [0.1, 0.15) is 46.0 Å². The molecule has 0 amide bonds. The lowest BCUT2D eigenvalue weighted by Crippen LogP contribution is -2.43. The fourth-order valence-corrected chi connectivity index (χ4v) is 3.40. The summed E-state index contributed by atoms with van der Waals surface area (Å²) in [6.45, 7) is 8.69. The molecule has 3 atom stereocenters. The van der Waals surface area contributed by atoms with Gasteiger partial charge >= 0.3 is 0 Å². The first-order valence-corrected chi connectivity index (χ1v) is 7.57. The summed E-state index contributed by atoms with van der Waals surface area (Å²) in [4.78, 5) is 2.46. The minimum Gasteiger partial charge on any atom is -0.313 e. The first kappa shape index (κ1) is 13.4. The molecule has 1 aliphatic heterocycles. The third-order valence-electron chi connectivity index (χ3n) is 4.96. The summed E-state index contributed by atoms with van der Waals surface area (Å²) in [7, 11) is 2.24. The van der Waals surface area contributed by atoms with E-state index in [2.05, 4.69) is 31.1 Å². The number of hydrogen-bond acceptors (Lipinski definition) is 2. The number of likely N-dealkylation sites (tertiary alicyclic amines) is 1. The van der Waals surface area contributed by atoms with Gasteiger partial charge in [-0.3, -0.25) is 0 Å². The molecular weight excluding hydrogens is 208 g/mol. The predicted molar refractivity (Wildman–Crippen MR) is 74.2 cm³/mol. The average molecular weight is 238 g/mol. The Labute approximate surface area is 107 Å². The number of nitrogens with zero attached hydrogens (tertiary/aromatic N) is 1. The van der Waals surface area contributed by atoms with Crippen LogP contribution in [0.15, 0.2) is 0 Å². The van der Waals surface area contributed by atoms with Crippen LogP contribution in [0.5, 0.6) is 0 Å². The van der Waals surface area contributed by atoms with Gasteiger partial charge in [-0.05, 0) is 70.1 Å². The molecule has 17 heavy (non-hydrogen) atoms. The van der Waals surface area contributed by atoms with Crippen molar-refractivity contribution in [2.45, 2.75) is 52.0 Å². The highest BCUT2D eigenvalue weighted by Gasteiger charge is 2.26. The van der Waals surface area contributed by atoms with Crippen molar-refractivity contribution in [1.82, 2.24) is 10.2 Å². The molecule has 0 aromatic heterocycles. The zero-order valence-electron chi connectivity index (χ0n) is 11.9. The van der Waals surface area contributed by atoms with Crippen LogP contribution in [-0.2, 0) is 0 Å². The normalized spacial score (nSPS) is 37.2. The molecule has 2 rings (SSSR count). The highest BCUT2D eigenvalue weighted by Crippen LogP contribution is 2.28. The summed E-state index contributed by atoms with van der Waals surface area (Å²) in [5.74, 6) is 2.74. The van der Waals surface area contributed by atoms with Gasteiger partial charge in [0.15, 0.2) is 0 Å². The van der Waals surface area contributed by atoms with E-state index in [0.717, 1.165) is 23.8 Å². The van der Waals surface area contributed by atoms with Crippen LogP contribution in [0.3, 0.4) is 0 Å². The zero-order valence-corrected chi connectivity index (χ0v) is 11.9. The van der Waals surface area contributed by atoms with E-state index < -0.39 is 0 Å². The van der Waals surface area contributed by atoms with E-state index in [4.69, 9.17) is 0 Å². The quantitative estimate of drug-likeness (QED) is 0.813. The van der Waals surface area contributed by atoms with Crippen molar-refractivity contribution >= 4 is 0 Å². The molecule has 0 radical (unpaired) electrons. The fourth-order valence-electron chi connectivity index (χ4n) is 3.40. The van der Waals surface area contributed by atoms with Crippen LogP contribution in [0.25, 0.3) is 0 Å². The molecule has 0 aromatic carbocycles. The standard InChI is InChI=1S/C15H30N2/c1-12-4-5-13(2)15(10-12)16-11-14-6-8-17(3)9-7-14/h12-16H,4-11H2,1-3H3. The molecule has 1 N–H and O–H groups in total. The largest absolute Gasteiger partial charge is 0.313 e. The maximum Gasteiger partial charge on any atom is 0.00953 e. The van der Waals surface area contributed by atoms with Crippen molar-refractivity contribution in [3.63, 3.8) is 0 Å². The minimum atomic E-state index is 0.790. The van der Waals surface area contributed by atoms with E-state index >= 15 is 0 Å². The van der Waals surface area contributed by atoms with Gasteiger partial charge in [0.25, 0.3) is 0 Å². The van der Waals surface area contributed by atoms with Crippen molar-refractivity contribution in [2.24, 2.45) is 17.8 Å². The second-order valence-corrected chi connectivity index (χ2v) is 6.66. The first-order valence-electron chi connectivity index (χ1n) is 7.57. The Morgan fingerprint density at radius 3 is 2.47 bits per heavy atom. The third-order valence-corrected chi connectivity index (χ3v) is 4.96. The van der Waals surface area contributed by atoms with Crippen molar-refractivity contribution < 1.29 is 0 Å². The molecule has 0 bridgehead atoms. The molecule has 2 aliphatic rings. The lowest BCUT2D eigenvalue weighted by Gasteiger charge is -2.36. The Hall–Kier alpha value is -0.0800. The molecule has 3 unspecified atom stereocenters. The van der Waals surface area contributed by atoms with Gasteiger partial charge in [0.05, 0.1) is 0 Å². The van der Waals surface area contributed by atoms with Gasteiger partial charge in [-0.1, -0.05) is 20.3 Å². The van der Waals surface area contributed by atoms with Crippen molar-refractivity contribution in [2.75, 3.05) is 26.7 Å². The molecule has 1 saturated carbocycles. The fraction of sp³-hybridized carbons (Fsp3) is 1.00. The predicted octanol–water partition coefficient (Wildman–Crippen LogP) is 2.74. The first-order chi connectivity index (χ1) is 8.15. The molecule has 1 aliphatic carbocycles. The monoisotopic (exact) mass is 238 g/mol. The Morgan fingerprint density at radius 2 is 1.76 bits per heavy atom. The van der Waals surface area contributed by atoms with Crippen LogP contribution in [0.2, 0.25) is 0 Å². The van der Waals surface area contributed by atoms with Crippen molar-refractivity contribution in [1.29, 1.82) is 0 Å². The van der Waals surface area contributed by atoms with E-state index in [0.29, 0.717) is 0 Å². The molecule has 0 aromatic rings. The van der Waals surface area contributed by atoms with Gasteiger partial charge in [-0.15, -0.1) is 0 Å². The molecule has 100 valence electrons. The molecule has 0 spiro atoms. The maximum absolute atomic E-state index is 3.87. The van der Waals surface area contributed by atoms with Gasteiger partial charge < -0.3 is 10.2 Å². The van der Waals surface area contributed by atoms with Crippen LogP contribution >= 0.6 is 0 Å². The van der Waals surface area contributed by atoms with E-state index in [1.54, 1.807) is 0 Å². The maximum atomic E-state index is 3.87. The van der Waals surface area contributed by atoms with Gasteiger partial charge in [-0.2, -0.15) is 0 Å². The van der Waals surface area contributed by atoms with Crippen LogP contribution in [0.4, 0.5) is 0 Å². The van der Waals surface area contributed by atoms with E-state index in [1.807, 2.05) is 0 Å². The van der Waals surface area contributed by atoms with Gasteiger partial charge in [0.2, 0.25) is 0 Å². The smallest absolute Gasteiger partial charge is 0.00953 e. The second-order valence-electron chi connectivity index (χ2n) is 6.66. The molecule has 1 heterocycles. The lowest BCUT2D eigenvalue weighted by molar-refractivity contribution is 0.186. The highest BCUT2D eigenvalue weighted by molar-refractivity contribution is 4.83. The number of rotatable bonds is 3. The Kier molecular flexibility index (Phi) is 4.87. The summed E-state index contributed by atoms with van der Waals surface area (Å²) in [6.07, 6.45) is 7.04. The molecular formula is C15H30N2. The van der Waals surface area contributed by atoms with E-state index in [9.17, 15) is 0 Å².